The lowest BCUT2D eigenvalue weighted by atomic mass is 9.75. The number of carbonyl (C=O) groups excluding carboxylic acids is 1. The van der Waals surface area contributed by atoms with Crippen LogP contribution in [0, 0.1) is 5.41 Å². The van der Waals surface area contributed by atoms with Gasteiger partial charge in [0.15, 0.2) is 0 Å². The molecule has 0 saturated carbocycles. The highest BCUT2D eigenvalue weighted by Gasteiger charge is 2.33. The summed E-state index contributed by atoms with van der Waals surface area (Å²) < 4.78 is 0. The fourth-order valence-electron chi connectivity index (χ4n) is 3.63. The molecule has 1 heterocycles. The molecule has 1 aliphatic heterocycles. The number of thioether (sulfide) groups is 1. The maximum atomic E-state index is 11.9. The smallest absolute Gasteiger partial charge is 0.249 e. The Balaban J connectivity index is 2.01. The van der Waals surface area contributed by atoms with E-state index in [0.29, 0.717) is 11.0 Å². The van der Waals surface area contributed by atoms with Crippen LogP contribution in [0.5, 0.6) is 0 Å². The van der Waals surface area contributed by atoms with Crippen molar-refractivity contribution in [2.75, 3.05) is 11.5 Å². The molecule has 0 unspecified atom stereocenters. The molecule has 3 rings (SSSR count). The third kappa shape index (κ3) is 3.55. The van der Waals surface area contributed by atoms with Crippen LogP contribution in [0.15, 0.2) is 24.3 Å². The quantitative estimate of drug-likeness (QED) is 0.867. The van der Waals surface area contributed by atoms with E-state index in [1.807, 2.05) is 23.9 Å². The van der Waals surface area contributed by atoms with Crippen LogP contribution in [0.4, 0.5) is 0 Å². The molecule has 1 aromatic rings. The first-order valence-corrected chi connectivity index (χ1v) is 9.90. The predicted octanol–water partition coefficient (Wildman–Crippen LogP) is 4.09. The van der Waals surface area contributed by atoms with Gasteiger partial charge in [0.1, 0.15) is 0 Å². The summed E-state index contributed by atoms with van der Waals surface area (Å²) in [6, 6.07) is 5.69. The normalized spacial score (nSPS) is 22.7. The Labute approximate surface area is 148 Å². The van der Waals surface area contributed by atoms with Gasteiger partial charge in [-0.05, 0) is 77.9 Å². The van der Waals surface area contributed by atoms with Gasteiger partial charge >= 0.3 is 0 Å². The summed E-state index contributed by atoms with van der Waals surface area (Å²) in [6.07, 6.45) is 6.83. The largest absolute Gasteiger partial charge is 0.385 e. The molecule has 0 radical (unpaired) electrons. The molecule has 3 N–H and O–H groups in total. The second-order valence-corrected chi connectivity index (χ2v) is 9.09. The number of hydrogen-bond donors (Lipinski definition) is 2. The van der Waals surface area contributed by atoms with Gasteiger partial charge in [-0.1, -0.05) is 26.0 Å². The summed E-state index contributed by atoms with van der Waals surface area (Å²) in [5, 5.41) is 11.0. The summed E-state index contributed by atoms with van der Waals surface area (Å²) in [5.74, 6) is 1.55. The zero-order valence-electron chi connectivity index (χ0n) is 14.6. The van der Waals surface area contributed by atoms with Crippen molar-refractivity contribution in [1.29, 1.82) is 0 Å². The number of allylic oxidation sites excluding steroid dienone is 2. The molecule has 2 aliphatic rings. The first-order chi connectivity index (χ1) is 11.3. The zero-order valence-corrected chi connectivity index (χ0v) is 15.4. The maximum Gasteiger partial charge on any atom is 0.249 e. The molecule has 3 nitrogen and oxygen atoms in total. The Morgan fingerprint density at radius 3 is 2.50 bits per heavy atom. The molecule has 24 heavy (non-hydrogen) atoms. The van der Waals surface area contributed by atoms with Crippen molar-refractivity contribution in [1.82, 2.24) is 0 Å². The van der Waals surface area contributed by atoms with E-state index >= 15 is 0 Å². The number of benzene rings is 1. The minimum Gasteiger partial charge on any atom is -0.385 e. The topological polar surface area (TPSA) is 63.3 Å². The number of carbonyl (C=O) groups is 1. The van der Waals surface area contributed by atoms with E-state index in [1.54, 1.807) is 6.07 Å². The Hall–Kier alpha value is -1.26. The zero-order chi connectivity index (χ0) is 17.4. The van der Waals surface area contributed by atoms with E-state index < -0.39 is 11.5 Å². The lowest BCUT2D eigenvalue weighted by Gasteiger charge is -2.33. The molecule has 1 aromatic carbocycles. The van der Waals surface area contributed by atoms with Gasteiger partial charge in [-0.2, -0.15) is 11.8 Å². The maximum absolute atomic E-state index is 11.9. The first kappa shape index (κ1) is 17.6. The summed E-state index contributed by atoms with van der Waals surface area (Å²) in [5.41, 5.74) is 8.75. The number of rotatable bonds is 3. The van der Waals surface area contributed by atoms with E-state index in [9.17, 15) is 9.90 Å². The molecule has 1 amide bonds. The van der Waals surface area contributed by atoms with Crippen LogP contribution in [-0.2, 0) is 5.60 Å². The van der Waals surface area contributed by atoms with Gasteiger partial charge in [0, 0.05) is 5.56 Å². The number of primary amides is 1. The monoisotopic (exact) mass is 345 g/mol. The second-order valence-electron chi connectivity index (χ2n) is 7.87. The van der Waals surface area contributed by atoms with E-state index in [0.717, 1.165) is 54.7 Å². The van der Waals surface area contributed by atoms with Gasteiger partial charge in [0.05, 0.1) is 5.60 Å². The van der Waals surface area contributed by atoms with Crippen molar-refractivity contribution in [3.8, 4) is 0 Å². The van der Waals surface area contributed by atoms with E-state index in [-0.39, 0.29) is 0 Å². The van der Waals surface area contributed by atoms with Gasteiger partial charge < -0.3 is 10.8 Å². The third-order valence-electron chi connectivity index (χ3n) is 5.46. The number of hydrogen-bond acceptors (Lipinski definition) is 3. The Morgan fingerprint density at radius 1 is 1.21 bits per heavy atom. The summed E-state index contributed by atoms with van der Waals surface area (Å²) in [4.78, 5) is 11.9. The average molecular weight is 346 g/mol. The number of nitrogens with two attached hydrogens (primary N) is 1. The lowest BCUT2D eigenvalue weighted by Crippen LogP contribution is -2.31. The van der Waals surface area contributed by atoms with Crippen LogP contribution in [0.1, 0.15) is 67.4 Å². The molecule has 1 fully saturated rings. The van der Waals surface area contributed by atoms with Crippen LogP contribution >= 0.6 is 11.8 Å². The molecule has 0 bridgehead atoms. The van der Waals surface area contributed by atoms with Crippen LogP contribution in [0.25, 0.3) is 5.57 Å². The fraction of sp³-hybridized carbons (Fsp3) is 0.550. The molecular weight excluding hydrogens is 318 g/mol. The Morgan fingerprint density at radius 2 is 1.92 bits per heavy atom. The molecular formula is C20H27NO2S. The van der Waals surface area contributed by atoms with Crippen LogP contribution < -0.4 is 5.73 Å². The van der Waals surface area contributed by atoms with Crippen LogP contribution in [0.3, 0.4) is 0 Å². The minimum absolute atomic E-state index is 0.312. The van der Waals surface area contributed by atoms with Crippen LogP contribution in [-0.4, -0.2) is 22.5 Å². The van der Waals surface area contributed by atoms with Crippen molar-refractivity contribution in [3.63, 3.8) is 0 Å². The highest BCUT2D eigenvalue weighted by molar-refractivity contribution is 7.99. The van der Waals surface area contributed by atoms with Crippen molar-refractivity contribution in [2.24, 2.45) is 11.1 Å². The predicted molar refractivity (Wildman–Crippen MR) is 101 cm³/mol. The van der Waals surface area contributed by atoms with Gasteiger partial charge in [0.2, 0.25) is 5.91 Å². The molecule has 130 valence electrons. The molecule has 4 heteroatoms. The fourth-order valence-corrected chi connectivity index (χ4v) is 4.80. The second kappa shape index (κ2) is 6.57. The third-order valence-corrected chi connectivity index (χ3v) is 6.45. The first-order valence-electron chi connectivity index (χ1n) is 8.75. The number of amides is 1. The highest BCUT2D eigenvalue weighted by atomic mass is 32.2. The molecule has 0 atom stereocenters. The molecule has 0 aromatic heterocycles. The van der Waals surface area contributed by atoms with Crippen molar-refractivity contribution in [2.45, 2.75) is 51.6 Å². The average Bonchev–Trinajstić information content (AvgIpc) is 2.55. The van der Waals surface area contributed by atoms with Gasteiger partial charge in [-0.15, -0.1) is 0 Å². The highest BCUT2D eigenvalue weighted by Crippen LogP contribution is 2.41. The molecule has 0 spiro atoms. The SMILES string of the molecule is CC1(C)CC=C(c2cc(C3(O)CCSCC3)ccc2C(N)=O)CC1. The van der Waals surface area contributed by atoms with Crippen molar-refractivity contribution < 1.29 is 9.90 Å². The van der Waals surface area contributed by atoms with Gasteiger partial charge in [-0.3, -0.25) is 4.79 Å². The van der Waals surface area contributed by atoms with Gasteiger partial charge in [-0.25, -0.2) is 0 Å². The van der Waals surface area contributed by atoms with E-state index in [4.69, 9.17) is 5.73 Å². The summed E-state index contributed by atoms with van der Waals surface area (Å²) in [7, 11) is 0. The Bertz CT molecular complexity index is 672. The summed E-state index contributed by atoms with van der Waals surface area (Å²) in [6.45, 7) is 4.54. The minimum atomic E-state index is -0.773. The number of aliphatic hydroxyl groups is 1. The molecule has 1 saturated heterocycles. The lowest BCUT2D eigenvalue weighted by molar-refractivity contribution is 0.0280. The van der Waals surface area contributed by atoms with E-state index in [1.165, 1.54) is 5.57 Å². The standard InChI is InChI=1S/C20H27NO2S/c1-19(2)7-5-14(6-8-19)17-13-15(3-4-16(17)18(21)22)20(23)9-11-24-12-10-20/h3-5,13,23H,6-12H2,1-2H3,(H2,21,22). The van der Waals surface area contributed by atoms with Gasteiger partial charge in [0.25, 0.3) is 0 Å². The summed E-state index contributed by atoms with van der Waals surface area (Å²) >= 11 is 1.89. The van der Waals surface area contributed by atoms with Crippen molar-refractivity contribution >= 4 is 23.2 Å². The molecule has 1 aliphatic carbocycles. The van der Waals surface area contributed by atoms with E-state index in [2.05, 4.69) is 19.9 Å². The van der Waals surface area contributed by atoms with Crippen LogP contribution in [0.2, 0.25) is 0 Å². The Kier molecular flexibility index (Phi) is 4.80. The van der Waals surface area contributed by atoms with Crippen molar-refractivity contribution in [3.05, 3.63) is 41.0 Å².